The van der Waals surface area contributed by atoms with Gasteiger partial charge >= 0.3 is 5.97 Å². The van der Waals surface area contributed by atoms with Crippen LogP contribution in [0.15, 0.2) is 103 Å². The summed E-state index contributed by atoms with van der Waals surface area (Å²) in [5.41, 5.74) is 6.68. The fourth-order valence-corrected chi connectivity index (χ4v) is 4.11. The van der Waals surface area contributed by atoms with Gasteiger partial charge in [0.1, 0.15) is 6.54 Å². The second kappa shape index (κ2) is 8.52. The van der Waals surface area contributed by atoms with Crippen molar-refractivity contribution in [3.05, 3.63) is 120 Å². The van der Waals surface area contributed by atoms with Crippen LogP contribution in [0.1, 0.15) is 27.6 Å². The van der Waals surface area contributed by atoms with Gasteiger partial charge in [-0.05, 0) is 34.4 Å². The van der Waals surface area contributed by atoms with Crippen LogP contribution in [0.5, 0.6) is 0 Å². The number of rotatable bonds is 5. The molecule has 1 aliphatic rings. The van der Waals surface area contributed by atoms with Crippen molar-refractivity contribution in [2.75, 3.05) is 6.54 Å². The molecule has 0 saturated heterocycles. The third-order valence-corrected chi connectivity index (χ3v) is 5.67. The van der Waals surface area contributed by atoms with Crippen molar-refractivity contribution in [3.8, 4) is 22.3 Å². The molecule has 0 atom stereocenters. The highest BCUT2D eigenvalue weighted by molar-refractivity contribution is 5.96. The Morgan fingerprint density at radius 3 is 1.81 bits per heavy atom. The molecule has 5 rings (SSSR count). The maximum atomic E-state index is 12.6. The molecule has 4 heteroatoms. The molecule has 4 aromatic rings. The molecule has 0 fully saturated rings. The van der Waals surface area contributed by atoms with Crippen molar-refractivity contribution in [2.45, 2.75) is 6.10 Å². The summed E-state index contributed by atoms with van der Waals surface area (Å²) in [6.07, 6.45) is -0.461. The van der Waals surface area contributed by atoms with E-state index < -0.39 is 12.1 Å². The zero-order valence-corrected chi connectivity index (χ0v) is 17.3. The first-order valence-corrected chi connectivity index (χ1v) is 10.5. The number of carbonyl (C=O) groups is 2. The number of benzene rings is 4. The second-order valence-corrected chi connectivity index (χ2v) is 7.67. The standard InChI is InChI=1S/C28H21NO3/c30-26(32-27-24-12-6-4-10-22(24)23-11-5-7-13-25(23)27)18-29-28(31)21-16-14-20(15-17-21)19-8-2-1-3-9-19/h1-17,27H,18H2,(H,29,31). The topological polar surface area (TPSA) is 55.4 Å². The van der Waals surface area contributed by atoms with Crippen molar-refractivity contribution in [1.82, 2.24) is 5.32 Å². The summed E-state index contributed by atoms with van der Waals surface area (Å²) >= 11 is 0. The van der Waals surface area contributed by atoms with Crippen LogP contribution < -0.4 is 5.32 Å². The highest BCUT2D eigenvalue weighted by Crippen LogP contribution is 2.44. The van der Waals surface area contributed by atoms with E-state index in [-0.39, 0.29) is 12.5 Å². The lowest BCUT2D eigenvalue weighted by atomic mass is 10.0. The molecular weight excluding hydrogens is 398 g/mol. The van der Waals surface area contributed by atoms with Crippen LogP contribution in [0.2, 0.25) is 0 Å². The van der Waals surface area contributed by atoms with Crippen LogP contribution in [-0.2, 0) is 9.53 Å². The molecule has 0 aromatic heterocycles. The Labute approximate surface area is 186 Å². The summed E-state index contributed by atoms with van der Waals surface area (Å²) < 4.78 is 5.77. The van der Waals surface area contributed by atoms with Gasteiger partial charge in [-0.3, -0.25) is 9.59 Å². The van der Waals surface area contributed by atoms with Crippen molar-refractivity contribution in [1.29, 1.82) is 0 Å². The van der Waals surface area contributed by atoms with E-state index in [0.29, 0.717) is 5.56 Å². The Morgan fingerprint density at radius 1 is 0.656 bits per heavy atom. The van der Waals surface area contributed by atoms with Gasteiger partial charge in [0.25, 0.3) is 5.91 Å². The second-order valence-electron chi connectivity index (χ2n) is 7.67. The molecular formula is C28H21NO3. The molecule has 0 unspecified atom stereocenters. The predicted octanol–water partition coefficient (Wildman–Crippen LogP) is 5.40. The molecule has 156 valence electrons. The number of amides is 1. The number of esters is 1. The van der Waals surface area contributed by atoms with Crippen LogP contribution in [0, 0.1) is 0 Å². The Balaban J connectivity index is 1.23. The lowest BCUT2D eigenvalue weighted by Crippen LogP contribution is -2.31. The lowest BCUT2D eigenvalue weighted by Gasteiger charge is -2.15. The summed E-state index contributed by atoms with van der Waals surface area (Å²) in [4.78, 5) is 25.1. The monoisotopic (exact) mass is 419 g/mol. The number of ether oxygens (including phenoxy) is 1. The SMILES string of the molecule is O=C(CNC(=O)c1ccc(-c2ccccc2)cc1)OC1c2ccccc2-c2ccccc21. The van der Waals surface area contributed by atoms with Crippen molar-refractivity contribution in [3.63, 3.8) is 0 Å². The van der Waals surface area contributed by atoms with Gasteiger partial charge in [0.05, 0.1) is 0 Å². The van der Waals surface area contributed by atoms with Crippen molar-refractivity contribution >= 4 is 11.9 Å². The van der Waals surface area contributed by atoms with Gasteiger partial charge in [0, 0.05) is 16.7 Å². The Hall–Kier alpha value is -4.18. The number of fused-ring (bicyclic) bond motifs is 3. The van der Waals surface area contributed by atoms with Crippen LogP contribution >= 0.6 is 0 Å². The molecule has 0 aliphatic heterocycles. The highest BCUT2D eigenvalue weighted by Gasteiger charge is 2.30. The quantitative estimate of drug-likeness (QED) is 0.441. The maximum Gasteiger partial charge on any atom is 0.326 e. The minimum atomic E-state index is -0.476. The zero-order valence-electron chi connectivity index (χ0n) is 17.3. The van der Waals surface area contributed by atoms with Gasteiger partial charge in [-0.15, -0.1) is 0 Å². The van der Waals surface area contributed by atoms with Gasteiger partial charge in [0.2, 0.25) is 0 Å². The normalized spacial score (nSPS) is 12.0. The minimum Gasteiger partial charge on any atom is -0.451 e. The summed E-state index contributed by atoms with van der Waals surface area (Å²) in [5.74, 6) is -0.787. The van der Waals surface area contributed by atoms with E-state index in [1.165, 1.54) is 0 Å². The predicted molar refractivity (Wildman–Crippen MR) is 124 cm³/mol. The van der Waals surface area contributed by atoms with Gasteiger partial charge in [0.15, 0.2) is 6.10 Å². The van der Waals surface area contributed by atoms with Crippen LogP contribution in [0.25, 0.3) is 22.3 Å². The molecule has 0 spiro atoms. The molecule has 1 N–H and O–H groups in total. The van der Waals surface area contributed by atoms with Crippen molar-refractivity contribution in [2.24, 2.45) is 0 Å². The molecule has 1 aliphatic carbocycles. The molecule has 4 nitrogen and oxygen atoms in total. The summed E-state index contributed by atoms with van der Waals surface area (Å²) in [5, 5.41) is 2.67. The number of nitrogens with one attached hydrogen (secondary N) is 1. The zero-order chi connectivity index (χ0) is 21.9. The van der Waals surface area contributed by atoms with Gasteiger partial charge in [-0.2, -0.15) is 0 Å². The summed E-state index contributed by atoms with van der Waals surface area (Å²) in [6.45, 7) is -0.194. The van der Waals surface area contributed by atoms with Crippen LogP contribution in [0.4, 0.5) is 0 Å². The third-order valence-electron chi connectivity index (χ3n) is 5.67. The molecule has 1 amide bonds. The van der Waals surface area contributed by atoms with Crippen LogP contribution in [0.3, 0.4) is 0 Å². The first kappa shape index (κ1) is 19.8. The average molecular weight is 419 g/mol. The Morgan fingerprint density at radius 2 is 1.19 bits per heavy atom. The Kier molecular flexibility index (Phi) is 5.26. The molecule has 0 saturated carbocycles. The maximum absolute atomic E-state index is 12.6. The summed E-state index contributed by atoms with van der Waals surface area (Å²) in [7, 11) is 0. The van der Waals surface area contributed by atoms with E-state index in [9.17, 15) is 9.59 Å². The lowest BCUT2D eigenvalue weighted by molar-refractivity contribution is -0.146. The molecule has 4 aromatic carbocycles. The fraction of sp³-hybridized carbons (Fsp3) is 0.0714. The van der Waals surface area contributed by atoms with Crippen LogP contribution in [-0.4, -0.2) is 18.4 Å². The first-order chi connectivity index (χ1) is 15.7. The number of hydrogen-bond donors (Lipinski definition) is 1. The first-order valence-electron chi connectivity index (χ1n) is 10.5. The fourth-order valence-electron chi connectivity index (χ4n) is 4.11. The van der Waals surface area contributed by atoms with E-state index in [0.717, 1.165) is 33.4 Å². The van der Waals surface area contributed by atoms with E-state index >= 15 is 0 Å². The van der Waals surface area contributed by atoms with E-state index in [2.05, 4.69) is 5.32 Å². The average Bonchev–Trinajstić information content (AvgIpc) is 3.17. The minimum absolute atomic E-state index is 0.194. The van der Waals surface area contributed by atoms with Gasteiger partial charge in [-0.25, -0.2) is 0 Å². The number of carbonyl (C=O) groups excluding carboxylic acids is 2. The smallest absolute Gasteiger partial charge is 0.326 e. The molecule has 0 heterocycles. The molecule has 32 heavy (non-hydrogen) atoms. The van der Waals surface area contributed by atoms with Gasteiger partial charge < -0.3 is 10.1 Å². The van der Waals surface area contributed by atoms with Crippen molar-refractivity contribution < 1.29 is 14.3 Å². The Bertz CT molecular complexity index is 1230. The molecule has 0 bridgehead atoms. The van der Waals surface area contributed by atoms with Gasteiger partial charge in [-0.1, -0.05) is 91.0 Å². The van der Waals surface area contributed by atoms with E-state index in [1.807, 2.05) is 91.0 Å². The third kappa shape index (κ3) is 3.79. The largest absolute Gasteiger partial charge is 0.451 e. The van der Waals surface area contributed by atoms with E-state index in [1.54, 1.807) is 12.1 Å². The summed E-state index contributed by atoms with van der Waals surface area (Å²) in [6, 6.07) is 33.1. The highest BCUT2D eigenvalue weighted by atomic mass is 16.5. The molecule has 0 radical (unpaired) electrons. The van der Waals surface area contributed by atoms with E-state index in [4.69, 9.17) is 4.74 Å². The number of hydrogen-bond acceptors (Lipinski definition) is 3.